The number of rotatable bonds is 8. The van der Waals surface area contributed by atoms with Crippen molar-refractivity contribution in [2.24, 2.45) is 0 Å². The molecule has 0 aliphatic rings. The summed E-state index contributed by atoms with van der Waals surface area (Å²) in [6.07, 6.45) is 5.57. The molecule has 4 aromatic rings. The molecule has 2 aromatic heterocycles. The molecule has 0 aliphatic heterocycles. The van der Waals surface area contributed by atoms with Gasteiger partial charge in [-0.25, -0.2) is 0 Å². The van der Waals surface area contributed by atoms with E-state index >= 15 is 0 Å². The number of fused-ring (bicyclic) bond motifs is 1. The van der Waals surface area contributed by atoms with Gasteiger partial charge in [-0.05, 0) is 42.2 Å². The molecule has 4 rings (SSSR count). The van der Waals surface area contributed by atoms with Gasteiger partial charge in [0, 0.05) is 30.7 Å². The number of hydrogen-bond donors (Lipinski definition) is 0. The molecule has 0 unspecified atom stereocenters. The second kappa shape index (κ2) is 9.79. The minimum atomic E-state index is 0.143. The fourth-order valence-electron chi connectivity index (χ4n) is 3.55. The Bertz CT molecular complexity index is 1100. The van der Waals surface area contributed by atoms with E-state index in [2.05, 4.69) is 29.2 Å². The van der Waals surface area contributed by atoms with E-state index in [9.17, 15) is 4.79 Å². The highest BCUT2D eigenvalue weighted by Gasteiger charge is 2.15. The molecule has 4 heteroatoms. The largest absolute Gasteiger partial charge is 0.336 e. The Morgan fingerprint density at radius 3 is 2.43 bits per heavy atom. The Morgan fingerprint density at radius 2 is 1.60 bits per heavy atom. The van der Waals surface area contributed by atoms with Crippen molar-refractivity contribution >= 4 is 16.8 Å². The fourth-order valence-corrected chi connectivity index (χ4v) is 3.55. The van der Waals surface area contributed by atoms with E-state index in [-0.39, 0.29) is 5.91 Å². The van der Waals surface area contributed by atoms with Crippen LogP contribution in [0.1, 0.15) is 23.2 Å². The van der Waals surface area contributed by atoms with Crippen molar-refractivity contribution in [1.29, 1.82) is 0 Å². The second-order valence-electron chi connectivity index (χ2n) is 7.41. The van der Waals surface area contributed by atoms with Crippen LogP contribution in [0.15, 0.2) is 91.3 Å². The molecule has 2 aromatic carbocycles. The van der Waals surface area contributed by atoms with Crippen molar-refractivity contribution in [3.8, 4) is 0 Å². The first-order chi connectivity index (χ1) is 14.8. The normalized spacial score (nSPS) is 10.8. The molecule has 2 heterocycles. The number of para-hydroxylation sites is 1. The van der Waals surface area contributed by atoms with Crippen LogP contribution < -0.4 is 0 Å². The highest BCUT2D eigenvalue weighted by atomic mass is 16.2. The number of pyridine rings is 2. The number of amides is 1. The first-order valence-electron chi connectivity index (χ1n) is 10.3. The fraction of sp³-hybridized carbons (Fsp3) is 0.192. The first-order valence-corrected chi connectivity index (χ1v) is 10.3. The van der Waals surface area contributed by atoms with Crippen LogP contribution in [0.4, 0.5) is 0 Å². The van der Waals surface area contributed by atoms with E-state index in [0.717, 1.165) is 28.6 Å². The number of aryl methyl sites for hydroxylation is 1. The van der Waals surface area contributed by atoms with Crippen LogP contribution in [0.3, 0.4) is 0 Å². The molecule has 0 saturated heterocycles. The molecular weight excluding hydrogens is 370 g/mol. The Morgan fingerprint density at radius 1 is 0.800 bits per heavy atom. The van der Waals surface area contributed by atoms with Crippen LogP contribution in [0, 0.1) is 0 Å². The minimum Gasteiger partial charge on any atom is -0.336 e. The third kappa shape index (κ3) is 5.29. The van der Waals surface area contributed by atoms with Gasteiger partial charge in [0.2, 0.25) is 5.91 Å². The van der Waals surface area contributed by atoms with E-state index in [1.165, 1.54) is 5.56 Å². The maximum absolute atomic E-state index is 13.1. The van der Waals surface area contributed by atoms with Gasteiger partial charge in [0.25, 0.3) is 0 Å². The average Bonchev–Trinajstić information content (AvgIpc) is 2.81. The third-order valence-corrected chi connectivity index (χ3v) is 5.23. The first kappa shape index (κ1) is 19.8. The number of aromatic nitrogens is 2. The summed E-state index contributed by atoms with van der Waals surface area (Å²) < 4.78 is 0. The molecule has 0 fully saturated rings. The van der Waals surface area contributed by atoms with E-state index in [1.807, 2.05) is 65.7 Å². The summed E-state index contributed by atoms with van der Waals surface area (Å²) in [5.74, 6) is 0.143. The minimum absolute atomic E-state index is 0.143. The lowest BCUT2D eigenvalue weighted by atomic mass is 10.1. The van der Waals surface area contributed by atoms with Gasteiger partial charge >= 0.3 is 0 Å². The van der Waals surface area contributed by atoms with Gasteiger partial charge in [0.1, 0.15) is 0 Å². The van der Waals surface area contributed by atoms with Gasteiger partial charge in [0.15, 0.2) is 0 Å². The predicted molar refractivity (Wildman–Crippen MR) is 120 cm³/mol. The van der Waals surface area contributed by atoms with Crippen LogP contribution in [-0.4, -0.2) is 27.3 Å². The number of carbonyl (C=O) groups is 1. The molecule has 0 aliphatic carbocycles. The number of nitrogens with zero attached hydrogens (tertiary/aromatic N) is 3. The van der Waals surface area contributed by atoms with E-state index in [1.54, 1.807) is 6.20 Å². The molecule has 1 amide bonds. The topological polar surface area (TPSA) is 46.1 Å². The number of hydrogen-bond acceptors (Lipinski definition) is 3. The molecule has 0 N–H and O–H groups in total. The van der Waals surface area contributed by atoms with Crippen LogP contribution in [-0.2, 0) is 24.2 Å². The van der Waals surface area contributed by atoms with Crippen LogP contribution >= 0.6 is 0 Å². The third-order valence-electron chi connectivity index (χ3n) is 5.23. The van der Waals surface area contributed by atoms with Crippen molar-refractivity contribution in [2.45, 2.75) is 25.8 Å². The standard InChI is InChI=1S/C26H25N3O/c30-26(15-12-22-9-6-17-27-19-22)29(18-16-21-7-2-1-3-8-21)20-24-14-13-23-10-4-5-11-25(23)28-24/h1-11,13-14,17,19H,12,15-16,18,20H2. The Kier molecular flexibility index (Phi) is 6.45. The zero-order valence-electron chi connectivity index (χ0n) is 16.9. The Balaban J connectivity index is 1.48. The molecule has 150 valence electrons. The van der Waals surface area contributed by atoms with Gasteiger partial charge in [-0.3, -0.25) is 14.8 Å². The predicted octanol–water partition coefficient (Wildman–Crippen LogP) is 4.83. The quantitative estimate of drug-likeness (QED) is 0.429. The van der Waals surface area contributed by atoms with Crippen molar-refractivity contribution < 1.29 is 4.79 Å². The molecule has 30 heavy (non-hydrogen) atoms. The SMILES string of the molecule is O=C(CCc1cccnc1)N(CCc1ccccc1)Cc1ccc2ccccc2n1. The molecule has 0 spiro atoms. The molecule has 0 atom stereocenters. The average molecular weight is 396 g/mol. The van der Waals surface area contributed by atoms with Gasteiger partial charge in [-0.2, -0.15) is 0 Å². The van der Waals surface area contributed by atoms with Gasteiger partial charge in [-0.1, -0.05) is 60.7 Å². The molecule has 0 saturated carbocycles. The van der Waals surface area contributed by atoms with Crippen LogP contribution in [0.25, 0.3) is 10.9 Å². The van der Waals surface area contributed by atoms with Crippen molar-refractivity contribution in [3.63, 3.8) is 0 Å². The monoisotopic (exact) mass is 395 g/mol. The Hall–Kier alpha value is -3.53. The van der Waals surface area contributed by atoms with Gasteiger partial charge < -0.3 is 4.90 Å². The highest BCUT2D eigenvalue weighted by molar-refractivity contribution is 5.79. The summed E-state index contributed by atoms with van der Waals surface area (Å²) in [5.41, 5.74) is 4.18. The van der Waals surface area contributed by atoms with Gasteiger partial charge in [-0.15, -0.1) is 0 Å². The van der Waals surface area contributed by atoms with Gasteiger partial charge in [0.05, 0.1) is 17.8 Å². The van der Waals surface area contributed by atoms with Crippen molar-refractivity contribution in [2.75, 3.05) is 6.54 Å². The molecule has 0 bridgehead atoms. The van der Waals surface area contributed by atoms with Crippen molar-refractivity contribution in [1.82, 2.24) is 14.9 Å². The Labute approximate surface area is 177 Å². The molecule has 0 radical (unpaired) electrons. The summed E-state index contributed by atoms with van der Waals surface area (Å²) >= 11 is 0. The van der Waals surface area contributed by atoms with E-state index < -0.39 is 0 Å². The lowest BCUT2D eigenvalue weighted by molar-refractivity contribution is -0.131. The van der Waals surface area contributed by atoms with E-state index in [0.29, 0.717) is 25.9 Å². The maximum atomic E-state index is 13.1. The van der Waals surface area contributed by atoms with Crippen LogP contribution in [0.5, 0.6) is 0 Å². The second-order valence-corrected chi connectivity index (χ2v) is 7.41. The molecule has 4 nitrogen and oxygen atoms in total. The zero-order chi connectivity index (χ0) is 20.6. The lowest BCUT2D eigenvalue weighted by Crippen LogP contribution is -2.33. The zero-order valence-corrected chi connectivity index (χ0v) is 16.9. The van der Waals surface area contributed by atoms with E-state index in [4.69, 9.17) is 4.98 Å². The number of carbonyl (C=O) groups excluding carboxylic acids is 1. The van der Waals surface area contributed by atoms with Crippen molar-refractivity contribution in [3.05, 3.63) is 108 Å². The van der Waals surface area contributed by atoms with Crippen LogP contribution in [0.2, 0.25) is 0 Å². The lowest BCUT2D eigenvalue weighted by Gasteiger charge is -2.23. The summed E-state index contributed by atoms with van der Waals surface area (Å²) in [4.78, 5) is 23.9. The number of benzene rings is 2. The highest BCUT2D eigenvalue weighted by Crippen LogP contribution is 2.15. The summed E-state index contributed by atoms with van der Waals surface area (Å²) in [7, 11) is 0. The smallest absolute Gasteiger partial charge is 0.223 e. The summed E-state index contributed by atoms with van der Waals surface area (Å²) in [6.45, 7) is 1.19. The molecular formula is C26H25N3O. The maximum Gasteiger partial charge on any atom is 0.223 e. The summed E-state index contributed by atoms with van der Waals surface area (Å²) in [5, 5.41) is 1.11. The summed E-state index contributed by atoms with van der Waals surface area (Å²) in [6, 6.07) is 26.4.